The molecular formula is C20H19ClFN3O2S. The highest BCUT2D eigenvalue weighted by Gasteiger charge is 2.41. The molecule has 2 atom stereocenters. The van der Waals surface area contributed by atoms with E-state index in [1.807, 2.05) is 12.1 Å². The van der Waals surface area contributed by atoms with Gasteiger partial charge in [0.15, 0.2) is 5.03 Å². The number of aromatic nitrogens is 2. The monoisotopic (exact) mass is 419 g/mol. The average Bonchev–Trinajstić information content (AvgIpc) is 3.30. The molecule has 28 heavy (non-hydrogen) atoms. The first-order chi connectivity index (χ1) is 13.3. The van der Waals surface area contributed by atoms with Crippen molar-refractivity contribution in [1.82, 2.24) is 13.9 Å². The Morgan fingerprint density at radius 2 is 1.54 bits per heavy atom. The van der Waals surface area contributed by atoms with Crippen LogP contribution in [0.3, 0.4) is 0 Å². The van der Waals surface area contributed by atoms with Gasteiger partial charge in [-0.05, 0) is 35.4 Å². The quantitative estimate of drug-likeness (QED) is 0.646. The standard InChI is InChI=1S/C20H19ClFN3O2S/c1-24-12-20(23-13-24)28(26,27)25-10-18(14-2-6-16(21)7-3-14)19(11-25)15-4-8-17(22)9-5-15/h2-9,12-13,18-19H,10-11H2,1H3. The number of imidazole rings is 1. The van der Waals surface area contributed by atoms with Gasteiger partial charge in [-0.1, -0.05) is 35.9 Å². The van der Waals surface area contributed by atoms with Crippen molar-refractivity contribution in [2.45, 2.75) is 16.9 Å². The van der Waals surface area contributed by atoms with Crippen LogP contribution >= 0.6 is 11.6 Å². The first kappa shape index (κ1) is 19.1. The summed E-state index contributed by atoms with van der Waals surface area (Å²) in [6.07, 6.45) is 2.97. The molecule has 0 amide bonds. The fraction of sp³-hybridized carbons (Fsp3) is 0.250. The Balaban J connectivity index is 1.72. The van der Waals surface area contributed by atoms with Crippen LogP contribution in [0.1, 0.15) is 23.0 Å². The molecule has 5 nitrogen and oxygen atoms in total. The zero-order valence-electron chi connectivity index (χ0n) is 15.2. The molecule has 2 unspecified atom stereocenters. The zero-order valence-corrected chi connectivity index (χ0v) is 16.7. The van der Waals surface area contributed by atoms with Gasteiger partial charge >= 0.3 is 0 Å². The Labute approximate surface area is 168 Å². The van der Waals surface area contributed by atoms with Gasteiger partial charge in [0, 0.05) is 43.2 Å². The van der Waals surface area contributed by atoms with E-state index in [-0.39, 0.29) is 22.7 Å². The highest BCUT2D eigenvalue weighted by molar-refractivity contribution is 7.89. The first-order valence-electron chi connectivity index (χ1n) is 8.83. The summed E-state index contributed by atoms with van der Waals surface area (Å²) in [5.74, 6) is -0.482. The second kappa shape index (κ2) is 7.31. The van der Waals surface area contributed by atoms with Crippen LogP contribution in [-0.4, -0.2) is 35.4 Å². The molecule has 0 bridgehead atoms. The Hall–Kier alpha value is -2.22. The Morgan fingerprint density at radius 3 is 2.04 bits per heavy atom. The van der Waals surface area contributed by atoms with Gasteiger partial charge < -0.3 is 4.57 Å². The number of halogens is 2. The smallest absolute Gasteiger partial charge is 0.262 e. The van der Waals surface area contributed by atoms with E-state index >= 15 is 0 Å². The highest BCUT2D eigenvalue weighted by Crippen LogP contribution is 2.41. The van der Waals surface area contributed by atoms with Crippen molar-refractivity contribution < 1.29 is 12.8 Å². The van der Waals surface area contributed by atoms with Crippen molar-refractivity contribution in [3.05, 3.63) is 83.0 Å². The van der Waals surface area contributed by atoms with E-state index in [1.165, 1.54) is 29.0 Å². The van der Waals surface area contributed by atoms with Crippen LogP contribution in [0.25, 0.3) is 0 Å². The van der Waals surface area contributed by atoms with Crippen LogP contribution < -0.4 is 0 Å². The molecule has 2 heterocycles. The van der Waals surface area contributed by atoms with Gasteiger partial charge in [-0.2, -0.15) is 4.31 Å². The normalized spacial score (nSPS) is 20.5. The Morgan fingerprint density at radius 1 is 1.00 bits per heavy atom. The van der Waals surface area contributed by atoms with Crippen molar-refractivity contribution in [2.24, 2.45) is 7.05 Å². The minimum Gasteiger partial charge on any atom is -0.339 e. The lowest BCUT2D eigenvalue weighted by atomic mass is 9.84. The van der Waals surface area contributed by atoms with Crippen molar-refractivity contribution in [3.63, 3.8) is 0 Å². The summed E-state index contributed by atoms with van der Waals surface area (Å²) >= 11 is 6.01. The zero-order chi connectivity index (χ0) is 19.9. The SMILES string of the molecule is Cn1cnc(S(=O)(=O)N2CC(c3ccc(F)cc3)C(c3ccc(Cl)cc3)C2)c1. The molecule has 0 N–H and O–H groups in total. The molecule has 1 aliphatic rings. The fourth-order valence-corrected chi connectivity index (χ4v) is 5.30. The van der Waals surface area contributed by atoms with Gasteiger partial charge in [-0.25, -0.2) is 17.8 Å². The summed E-state index contributed by atoms with van der Waals surface area (Å²) in [5, 5.41) is 0.655. The lowest BCUT2D eigenvalue weighted by Crippen LogP contribution is -2.29. The Bertz CT molecular complexity index is 1030. The number of aryl methyl sites for hydroxylation is 1. The summed E-state index contributed by atoms with van der Waals surface area (Å²) < 4.78 is 42.6. The van der Waals surface area contributed by atoms with Crippen LogP contribution in [0.5, 0.6) is 0 Å². The molecule has 2 aromatic carbocycles. The predicted octanol–water partition coefficient (Wildman–Crippen LogP) is 3.78. The number of sulfonamides is 1. The third-order valence-electron chi connectivity index (χ3n) is 5.17. The molecule has 4 rings (SSSR count). The van der Waals surface area contributed by atoms with Gasteiger partial charge in [0.1, 0.15) is 5.82 Å². The number of hydrogen-bond donors (Lipinski definition) is 0. The van der Waals surface area contributed by atoms with E-state index in [0.29, 0.717) is 18.1 Å². The van der Waals surface area contributed by atoms with E-state index < -0.39 is 10.0 Å². The van der Waals surface area contributed by atoms with E-state index in [0.717, 1.165) is 11.1 Å². The lowest BCUT2D eigenvalue weighted by molar-refractivity contribution is 0.467. The number of benzene rings is 2. The molecule has 0 spiro atoms. The fourth-order valence-electron chi connectivity index (χ4n) is 3.71. The number of rotatable bonds is 4. The van der Waals surface area contributed by atoms with Gasteiger partial charge in [0.2, 0.25) is 0 Å². The predicted molar refractivity (Wildman–Crippen MR) is 105 cm³/mol. The van der Waals surface area contributed by atoms with Gasteiger partial charge in [0.25, 0.3) is 10.0 Å². The number of nitrogens with zero attached hydrogens (tertiary/aromatic N) is 3. The highest BCUT2D eigenvalue weighted by atomic mass is 35.5. The van der Waals surface area contributed by atoms with Crippen LogP contribution in [0, 0.1) is 5.82 Å². The summed E-state index contributed by atoms with van der Waals surface area (Å²) in [6.45, 7) is 0.625. The maximum Gasteiger partial charge on any atom is 0.262 e. The second-order valence-corrected chi connectivity index (χ2v) is 9.34. The van der Waals surface area contributed by atoms with Crippen LogP contribution in [0.2, 0.25) is 5.02 Å². The van der Waals surface area contributed by atoms with E-state index in [4.69, 9.17) is 11.6 Å². The minimum atomic E-state index is -3.71. The minimum absolute atomic E-state index is 0.0320. The summed E-state index contributed by atoms with van der Waals surface area (Å²) in [6, 6.07) is 13.7. The van der Waals surface area contributed by atoms with Crippen molar-refractivity contribution >= 4 is 21.6 Å². The molecule has 1 fully saturated rings. The molecule has 1 saturated heterocycles. The number of hydrogen-bond acceptors (Lipinski definition) is 3. The summed E-state index contributed by atoms with van der Waals surface area (Å²) in [7, 11) is -1.98. The van der Waals surface area contributed by atoms with Crippen LogP contribution in [0.4, 0.5) is 4.39 Å². The molecule has 3 aromatic rings. The van der Waals surface area contributed by atoms with E-state index in [1.54, 1.807) is 35.9 Å². The van der Waals surface area contributed by atoms with Crippen LogP contribution in [-0.2, 0) is 17.1 Å². The first-order valence-corrected chi connectivity index (χ1v) is 10.7. The van der Waals surface area contributed by atoms with E-state index in [2.05, 4.69) is 4.98 Å². The maximum atomic E-state index is 13.4. The lowest BCUT2D eigenvalue weighted by Gasteiger charge is -2.19. The summed E-state index contributed by atoms with van der Waals surface area (Å²) in [5.41, 5.74) is 1.90. The second-order valence-electron chi connectivity index (χ2n) is 7.02. The van der Waals surface area contributed by atoms with Crippen molar-refractivity contribution in [3.8, 4) is 0 Å². The van der Waals surface area contributed by atoms with Crippen LogP contribution in [0.15, 0.2) is 66.1 Å². The van der Waals surface area contributed by atoms with Gasteiger partial charge in [0.05, 0.1) is 6.33 Å². The molecule has 0 aliphatic carbocycles. The van der Waals surface area contributed by atoms with Gasteiger partial charge in [-0.15, -0.1) is 0 Å². The molecule has 1 aliphatic heterocycles. The molecule has 0 saturated carbocycles. The molecular weight excluding hydrogens is 401 g/mol. The molecule has 1 aromatic heterocycles. The van der Waals surface area contributed by atoms with Crippen molar-refractivity contribution in [2.75, 3.05) is 13.1 Å². The van der Waals surface area contributed by atoms with E-state index in [9.17, 15) is 12.8 Å². The molecule has 8 heteroatoms. The Kier molecular flexibility index (Phi) is 4.99. The maximum absolute atomic E-state index is 13.4. The molecule has 146 valence electrons. The average molecular weight is 420 g/mol. The largest absolute Gasteiger partial charge is 0.339 e. The van der Waals surface area contributed by atoms with Crippen molar-refractivity contribution in [1.29, 1.82) is 0 Å². The third-order valence-corrected chi connectivity index (χ3v) is 7.14. The topological polar surface area (TPSA) is 55.2 Å². The summed E-state index contributed by atoms with van der Waals surface area (Å²) in [4.78, 5) is 4.02. The molecule has 0 radical (unpaired) electrons. The van der Waals surface area contributed by atoms with Gasteiger partial charge in [-0.3, -0.25) is 0 Å². The third kappa shape index (κ3) is 3.57.